The van der Waals surface area contributed by atoms with E-state index in [1.54, 1.807) is 0 Å². The van der Waals surface area contributed by atoms with Crippen molar-refractivity contribution in [3.8, 4) is 0 Å². The Morgan fingerprint density at radius 2 is 1.95 bits per heavy atom. The molecule has 0 amide bonds. The van der Waals surface area contributed by atoms with Crippen LogP contribution in [0, 0.1) is 6.92 Å². The molecule has 0 saturated heterocycles. The Balaban J connectivity index is 2.02. The lowest BCUT2D eigenvalue weighted by atomic mass is 10.0. The molecule has 2 aromatic carbocycles. The number of anilines is 1. The minimum absolute atomic E-state index is 0.150. The molecule has 0 N–H and O–H groups in total. The fourth-order valence-electron chi connectivity index (χ4n) is 2.95. The molecule has 0 spiro atoms. The van der Waals surface area contributed by atoms with E-state index in [2.05, 4.69) is 77.1 Å². The second-order valence-electron chi connectivity index (χ2n) is 5.53. The molecule has 2 aromatic rings. The molecular formula is C18H20BrNO. The van der Waals surface area contributed by atoms with Crippen molar-refractivity contribution >= 4 is 21.6 Å². The number of aryl methyl sites for hydroxylation is 1. The van der Waals surface area contributed by atoms with Crippen LogP contribution in [-0.4, -0.2) is 13.2 Å². The summed E-state index contributed by atoms with van der Waals surface area (Å²) >= 11 is 3.71. The molecule has 0 aliphatic carbocycles. The first-order chi connectivity index (χ1) is 10.2. The predicted molar refractivity (Wildman–Crippen MR) is 90.7 cm³/mol. The number of nitrogens with zero attached hydrogens (tertiary/aromatic N) is 1. The van der Waals surface area contributed by atoms with Gasteiger partial charge in [0, 0.05) is 23.2 Å². The van der Waals surface area contributed by atoms with Gasteiger partial charge in [-0.2, -0.15) is 0 Å². The second kappa shape index (κ2) is 6.20. The van der Waals surface area contributed by atoms with Crippen LogP contribution < -0.4 is 4.90 Å². The molecular weight excluding hydrogens is 326 g/mol. The summed E-state index contributed by atoms with van der Waals surface area (Å²) < 4.78 is 7.16. The molecule has 0 radical (unpaired) electrons. The number of hydrogen-bond donors (Lipinski definition) is 0. The molecule has 1 atom stereocenters. The Labute approximate surface area is 134 Å². The lowest BCUT2D eigenvalue weighted by molar-refractivity contribution is 0.0672. The minimum Gasteiger partial charge on any atom is -0.372 e. The van der Waals surface area contributed by atoms with E-state index in [0.29, 0.717) is 0 Å². The monoisotopic (exact) mass is 345 g/mol. The molecule has 3 heteroatoms. The first kappa shape index (κ1) is 14.6. The maximum Gasteiger partial charge on any atom is 0.0801 e. The first-order valence-corrected chi connectivity index (χ1v) is 8.15. The maximum absolute atomic E-state index is 5.99. The summed E-state index contributed by atoms with van der Waals surface area (Å²) in [6.07, 6.45) is 0.150. The van der Waals surface area contributed by atoms with Crippen LogP contribution in [0.5, 0.6) is 0 Å². The molecule has 1 heterocycles. The smallest absolute Gasteiger partial charge is 0.0801 e. The predicted octanol–water partition coefficient (Wildman–Crippen LogP) is 4.86. The molecule has 3 rings (SSSR count). The van der Waals surface area contributed by atoms with Crippen LogP contribution in [0.2, 0.25) is 0 Å². The van der Waals surface area contributed by atoms with Gasteiger partial charge in [-0.3, -0.25) is 0 Å². The summed E-state index contributed by atoms with van der Waals surface area (Å²) in [5.41, 5.74) is 5.20. The van der Waals surface area contributed by atoms with Crippen molar-refractivity contribution in [2.24, 2.45) is 0 Å². The molecule has 1 aliphatic heterocycles. The summed E-state index contributed by atoms with van der Waals surface area (Å²) in [5, 5.41) is 0. The lowest BCUT2D eigenvalue weighted by Gasteiger charge is -2.32. The normalized spacial score (nSPS) is 18.8. The van der Waals surface area contributed by atoms with E-state index in [4.69, 9.17) is 4.74 Å². The molecule has 21 heavy (non-hydrogen) atoms. The van der Waals surface area contributed by atoms with Crippen LogP contribution >= 0.6 is 15.9 Å². The molecule has 110 valence electrons. The van der Waals surface area contributed by atoms with Gasteiger partial charge in [0.15, 0.2) is 0 Å². The van der Waals surface area contributed by atoms with Crippen LogP contribution in [0.25, 0.3) is 0 Å². The van der Waals surface area contributed by atoms with Gasteiger partial charge in [0.05, 0.1) is 12.7 Å². The number of benzene rings is 2. The van der Waals surface area contributed by atoms with E-state index in [-0.39, 0.29) is 6.10 Å². The number of halogens is 1. The first-order valence-electron chi connectivity index (χ1n) is 7.36. The standard InChI is InChI=1S/C18H20BrNO/c1-13-6-3-4-9-18(13)20-10-11-21-14(2)15-7-5-8-17(19)16(15)12-20/h3-9,14H,10-12H2,1-2H3. The van der Waals surface area contributed by atoms with Crippen molar-refractivity contribution < 1.29 is 4.74 Å². The summed E-state index contributed by atoms with van der Waals surface area (Å²) in [5.74, 6) is 0. The highest BCUT2D eigenvalue weighted by molar-refractivity contribution is 9.10. The van der Waals surface area contributed by atoms with Gasteiger partial charge < -0.3 is 9.64 Å². The van der Waals surface area contributed by atoms with E-state index in [9.17, 15) is 0 Å². The van der Waals surface area contributed by atoms with Gasteiger partial charge in [0.1, 0.15) is 0 Å². The van der Waals surface area contributed by atoms with E-state index < -0.39 is 0 Å². The Morgan fingerprint density at radius 3 is 2.76 bits per heavy atom. The van der Waals surface area contributed by atoms with Gasteiger partial charge in [-0.25, -0.2) is 0 Å². The lowest BCUT2D eigenvalue weighted by Crippen LogP contribution is -2.31. The van der Waals surface area contributed by atoms with E-state index >= 15 is 0 Å². The molecule has 0 bridgehead atoms. The summed E-state index contributed by atoms with van der Waals surface area (Å²) in [7, 11) is 0. The van der Waals surface area contributed by atoms with Gasteiger partial charge in [0.25, 0.3) is 0 Å². The van der Waals surface area contributed by atoms with Crippen LogP contribution in [-0.2, 0) is 11.3 Å². The van der Waals surface area contributed by atoms with Crippen LogP contribution in [0.1, 0.15) is 29.7 Å². The van der Waals surface area contributed by atoms with Gasteiger partial charge in [-0.1, -0.05) is 46.3 Å². The van der Waals surface area contributed by atoms with Crippen molar-refractivity contribution in [3.63, 3.8) is 0 Å². The number of fused-ring (bicyclic) bond motifs is 1. The number of ether oxygens (including phenoxy) is 1. The fraction of sp³-hybridized carbons (Fsp3) is 0.333. The Hall–Kier alpha value is -1.32. The third-order valence-electron chi connectivity index (χ3n) is 4.13. The molecule has 2 nitrogen and oxygen atoms in total. The van der Waals surface area contributed by atoms with E-state index in [1.165, 1.54) is 22.4 Å². The number of hydrogen-bond acceptors (Lipinski definition) is 2. The van der Waals surface area contributed by atoms with Crippen LogP contribution in [0.4, 0.5) is 5.69 Å². The third-order valence-corrected chi connectivity index (χ3v) is 4.87. The Morgan fingerprint density at radius 1 is 1.14 bits per heavy atom. The summed E-state index contributed by atoms with van der Waals surface area (Å²) in [4.78, 5) is 2.41. The van der Waals surface area contributed by atoms with Gasteiger partial charge in [-0.05, 0) is 42.7 Å². The molecule has 0 fully saturated rings. The highest BCUT2D eigenvalue weighted by atomic mass is 79.9. The Bertz CT molecular complexity index is 641. The van der Waals surface area contributed by atoms with Crippen LogP contribution in [0.15, 0.2) is 46.9 Å². The SMILES string of the molecule is Cc1ccccc1N1CCOC(C)c2cccc(Br)c2C1. The average molecular weight is 346 g/mol. The van der Waals surface area contributed by atoms with Crippen molar-refractivity contribution in [2.75, 3.05) is 18.1 Å². The zero-order valence-corrected chi connectivity index (χ0v) is 14.1. The topological polar surface area (TPSA) is 12.5 Å². The second-order valence-corrected chi connectivity index (χ2v) is 6.38. The fourth-order valence-corrected chi connectivity index (χ4v) is 3.45. The number of rotatable bonds is 1. The van der Waals surface area contributed by atoms with Crippen molar-refractivity contribution in [2.45, 2.75) is 26.5 Å². The van der Waals surface area contributed by atoms with Crippen molar-refractivity contribution in [1.29, 1.82) is 0 Å². The number of para-hydroxylation sites is 1. The molecule has 0 aromatic heterocycles. The summed E-state index contributed by atoms with van der Waals surface area (Å²) in [6, 6.07) is 14.9. The highest BCUT2D eigenvalue weighted by Gasteiger charge is 2.20. The zero-order valence-electron chi connectivity index (χ0n) is 12.5. The zero-order chi connectivity index (χ0) is 14.8. The van der Waals surface area contributed by atoms with Crippen molar-refractivity contribution in [1.82, 2.24) is 0 Å². The summed E-state index contributed by atoms with van der Waals surface area (Å²) in [6.45, 7) is 6.87. The van der Waals surface area contributed by atoms with Gasteiger partial charge in [-0.15, -0.1) is 0 Å². The third kappa shape index (κ3) is 2.99. The molecule has 0 saturated carbocycles. The van der Waals surface area contributed by atoms with Gasteiger partial charge >= 0.3 is 0 Å². The van der Waals surface area contributed by atoms with Gasteiger partial charge in [0.2, 0.25) is 0 Å². The van der Waals surface area contributed by atoms with Crippen molar-refractivity contribution in [3.05, 3.63) is 63.6 Å². The molecule has 1 unspecified atom stereocenters. The highest BCUT2D eigenvalue weighted by Crippen LogP contribution is 2.32. The van der Waals surface area contributed by atoms with Crippen LogP contribution in [0.3, 0.4) is 0 Å². The Kier molecular flexibility index (Phi) is 4.32. The van der Waals surface area contributed by atoms with E-state index in [0.717, 1.165) is 24.2 Å². The van der Waals surface area contributed by atoms with E-state index in [1.807, 2.05) is 0 Å². The molecule has 1 aliphatic rings. The maximum atomic E-state index is 5.99. The quantitative estimate of drug-likeness (QED) is 0.732. The minimum atomic E-state index is 0.150. The largest absolute Gasteiger partial charge is 0.372 e. The average Bonchev–Trinajstić information content (AvgIpc) is 2.46.